The Labute approximate surface area is 166 Å². The largest absolute Gasteiger partial charge is 0.351 e. The molecule has 0 radical (unpaired) electrons. The Balaban J connectivity index is 1.50. The van der Waals surface area contributed by atoms with Crippen molar-refractivity contribution in [1.82, 2.24) is 45.7 Å². The van der Waals surface area contributed by atoms with Crippen molar-refractivity contribution < 1.29 is 4.79 Å². The molecule has 1 aliphatic rings. The number of hydrogen-bond acceptors (Lipinski definition) is 7. The summed E-state index contributed by atoms with van der Waals surface area (Å²) in [6.07, 6.45) is 6.00. The predicted octanol–water partition coefficient (Wildman–Crippen LogP) is 1.66. The fourth-order valence-corrected chi connectivity index (χ4v) is 3.65. The van der Waals surface area contributed by atoms with E-state index in [9.17, 15) is 4.79 Å². The van der Waals surface area contributed by atoms with Crippen LogP contribution in [0.25, 0.3) is 17.1 Å². The zero-order chi connectivity index (χ0) is 19.5. The minimum atomic E-state index is -0.112. The summed E-state index contributed by atoms with van der Waals surface area (Å²) in [6, 6.07) is 5.42. The summed E-state index contributed by atoms with van der Waals surface area (Å²) in [7, 11) is 0. The van der Waals surface area contributed by atoms with E-state index in [4.69, 9.17) is 11.6 Å². The molecule has 2 atom stereocenters. The van der Waals surface area contributed by atoms with Crippen LogP contribution >= 0.6 is 11.6 Å². The Bertz CT molecular complexity index is 955. The highest BCUT2D eigenvalue weighted by Crippen LogP contribution is 2.26. The van der Waals surface area contributed by atoms with Gasteiger partial charge in [-0.05, 0) is 52.6 Å². The van der Waals surface area contributed by atoms with Crippen LogP contribution < -0.4 is 5.32 Å². The lowest BCUT2D eigenvalue weighted by atomic mass is 9.86. The van der Waals surface area contributed by atoms with E-state index in [0.717, 1.165) is 19.3 Å². The molecule has 0 spiro atoms. The molecule has 0 saturated heterocycles. The van der Waals surface area contributed by atoms with E-state index in [1.165, 1.54) is 22.2 Å². The fourth-order valence-electron chi connectivity index (χ4n) is 3.48. The van der Waals surface area contributed by atoms with Gasteiger partial charge in [-0.15, -0.1) is 15.3 Å². The highest BCUT2D eigenvalue weighted by Gasteiger charge is 2.23. The van der Waals surface area contributed by atoms with Gasteiger partial charge in [-0.3, -0.25) is 4.79 Å². The van der Waals surface area contributed by atoms with E-state index < -0.39 is 0 Å². The number of halogens is 1. The van der Waals surface area contributed by atoms with Gasteiger partial charge in [-0.2, -0.15) is 9.48 Å². The van der Waals surface area contributed by atoms with Crippen LogP contribution in [0.2, 0.25) is 5.02 Å². The zero-order valence-electron chi connectivity index (χ0n) is 15.4. The van der Waals surface area contributed by atoms with Crippen LogP contribution in [-0.4, -0.2) is 52.4 Å². The van der Waals surface area contributed by atoms with Gasteiger partial charge in [-0.25, -0.2) is 0 Å². The summed E-state index contributed by atoms with van der Waals surface area (Å²) in [5.41, 5.74) is 1.28. The van der Waals surface area contributed by atoms with Gasteiger partial charge in [0, 0.05) is 16.6 Å². The van der Waals surface area contributed by atoms with Crippen LogP contribution in [0.4, 0.5) is 0 Å². The molecule has 4 rings (SSSR count). The fraction of sp³-hybridized carbons (Fsp3) is 0.471. The Morgan fingerprint density at radius 2 is 2.14 bits per heavy atom. The van der Waals surface area contributed by atoms with Crippen molar-refractivity contribution in [3.8, 4) is 17.1 Å². The molecule has 1 aliphatic carbocycles. The number of rotatable bonds is 5. The van der Waals surface area contributed by atoms with Gasteiger partial charge in [0.05, 0.1) is 5.69 Å². The van der Waals surface area contributed by atoms with Crippen LogP contribution in [0.5, 0.6) is 0 Å². The minimum absolute atomic E-state index is 0.0179. The van der Waals surface area contributed by atoms with Gasteiger partial charge >= 0.3 is 0 Å². The standard InChI is InChI=1S/C17H20ClN9O/c1-11-4-2-3-5-14(11)20-16(28)9-27-22-17(21-24-27)13-7-6-12(18)8-15(13)26-10-19-23-25-26/h6-8,10-11,14H,2-5,9H2,1H3,(H,20,28)/t11-,14+/m0/s1. The average Bonchev–Trinajstić information content (AvgIpc) is 3.36. The molecule has 1 amide bonds. The zero-order valence-corrected chi connectivity index (χ0v) is 16.1. The van der Waals surface area contributed by atoms with E-state index >= 15 is 0 Å². The molecular weight excluding hydrogens is 382 g/mol. The van der Waals surface area contributed by atoms with Crippen molar-refractivity contribution in [3.05, 3.63) is 29.5 Å². The summed E-state index contributed by atoms with van der Waals surface area (Å²) in [6.45, 7) is 2.20. The van der Waals surface area contributed by atoms with E-state index in [2.05, 4.69) is 43.2 Å². The Morgan fingerprint density at radius 1 is 1.29 bits per heavy atom. The number of carbonyl (C=O) groups is 1. The van der Waals surface area contributed by atoms with Gasteiger partial charge in [0.2, 0.25) is 11.7 Å². The van der Waals surface area contributed by atoms with E-state index in [1.54, 1.807) is 18.2 Å². The van der Waals surface area contributed by atoms with Gasteiger partial charge in [0.15, 0.2) is 0 Å². The first kappa shape index (κ1) is 18.5. The second-order valence-electron chi connectivity index (χ2n) is 7.00. The smallest absolute Gasteiger partial charge is 0.243 e. The Hall–Kier alpha value is -2.88. The quantitative estimate of drug-likeness (QED) is 0.690. The van der Waals surface area contributed by atoms with E-state index in [1.807, 2.05) is 0 Å². The number of carbonyl (C=O) groups excluding carboxylic acids is 1. The molecule has 146 valence electrons. The summed E-state index contributed by atoms with van der Waals surface area (Å²) >= 11 is 6.10. The van der Waals surface area contributed by atoms with Crippen molar-refractivity contribution >= 4 is 17.5 Å². The maximum atomic E-state index is 12.4. The Morgan fingerprint density at radius 3 is 2.93 bits per heavy atom. The molecule has 0 bridgehead atoms. The molecule has 1 N–H and O–H groups in total. The van der Waals surface area contributed by atoms with Crippen LogP contribution in [0.1, 0.15) is 32.6 Å². The lowest BCUT2D eigenvalue weighted by molar-refractivity contribution is -0.123. The van der Waals surface area contributed by atoms with Crippen molar-refractivity contribution in [2.75, 3.05) is 0 Å². The summed E-state index contributed by atoms with van der Waals surface area (Å²) in [5, 5.41) is 27.2. The predicted molar refractivity (Wildman–Crippen MR) is 101 cm³/mol. The molecular formula is C17H20ClN9O. The molecule has 10 nitrogen and oxygen atoms in total. The molecule has 2 aromatic heterocycles. The topological polar surface area (TPSA) is 116 Å². The lowest BCUT2D eigenvalue weighted by Crippen LogP contribution is -2.42. The maximum Gasteiger partial charge on any atom is 0.243 e. The third kappa shape index (κ3) is 4.01. The lowest BCUT2D eigenvalue weighted by Gasteiger charge is -2.29. The first-order chi connectivity index (χ1) is 13.6. The van der Waals surface area contributed by atoms with E-state index in [-0.39, 0.29) is 18.5 Å². The molecule has 28 heavy (non-hydrogen) atoms. The molecule has 2 heterocycles. The number of nitrogens with zero attached hydrogens (tertiary/aromatic N) is 8. The molecule has 0 unspecified atom stereocenters. The SMILES string of the molecule is C[C@H]1CCCC[C@H]1NC(=O)Cn1nnc(-c2ccc(Cl)cc2-n2cnnn2)n1. The van der Waals surface area contributed by atoms with Gasteiger partial charge in [0.1, 0.15) is 12.9 Å². The van der Waals surface area contributed by atoms with E-state index in [0.29, 0.717) is 28.0 Å². The third-order valence-corrected chi connectivity index (χ3v) is 5.23. The molecule has 1 saturated carbocycles. The summed E-state index contributed by atoms with van der Waals surface area (Å²) in [5.74, 6) is 0.741. The first-order valence-electron chi connectivity index (χ1n) is 9.20. The third-order valence-electron chi connectivity index (χ3n) is 4.99. The minimum Gasteiger partial charge on any atom is -0.351 e. The monoisotopic (exact) mass is 401 g/mol. The number of hydrogen-bond donors (Lipinski definition) is 1. The molecule has 11 heteroatoms. The first-order valence-corrected chi connectivity index (χ1v) is 9.58. The van der Waals surface area contributed by atoms with Crippen molar-refractivity contribution in [1.29, 1.82) is 0 Å². The number of amides is 1. The van der Waals surface area contributed by atoms with Gasteiger partial charge < -0.3 is 5.32 Å². The number of benzene rings is 1. The summed E-state index contributed by atoms with van der Waals surface area (Å²) < 4.78 is 1.47. The molecule has 3 aromatic rings. The van der Waals surface area contributed by atoms with Gasteiger partial charge in [-0.1, -0.05) is 31.4 Å². The van der Waals surface area contributed by atoms with Crippen molar-refractivity contribution in [3.63, 3.8) is 0 Å². The summed E-state index contributed by atoms with van der Waals surface area (Å²) in [4.78, 5) is 13.7. The maximum absolute atomic E-state index is 12.4. The van der Waals surface area contributed by atoms with Gasteiger partial charge in [0.25, 0.3) is 0 Å². The highest BCUT2D eigenvalue weighted by molar-refractivity contribution is 6.30. The molecule has 0 aliphatic heterocycles. The van der Waals surface area contributed by atoms with Crippen LogP contribution in [0.15, 0.2) is 24.5 Å². The van der Waals surface area contributed by atoms with Crippen molar-refractivity contribution in [2.24, 2.45) is 5.92 Å². The second-order valence-corrected chi connectivity index (χ2v) is 7.43. The van der Waals surface area contributed by atoms with Crippen LogP contribution in [0, 0.1) is 5.92 Å². The Kier molecular flexibility index (Phi) is 5.29. The highest BCUT2D eigenvalue weighted by atomic mass is 35.5. The second kappa shape index (κ2) is 8.01. The van der Waals surface area contributed by atoms with Crippen LogP contribution in [0.3, 0.4) is 0 Å². The van der Waals surface area contributed by atoms with Crippen molar-refractivity contribution in [2.45, 2.75) is 45.2 Å². The average molecular weight is 402 g/mol. The number of nitrogens with one attached hydrogen (secondary N) is 1. The number of tetrazole rings is 2. The normalized spacial score (nSPS) is 19.5. The number of aromatic nitrogens is 8. The molecule has 1 fully saturated rings. The molecule has 1 aromatic carbocycles. The van der Waals surface area contributed by atoms with Crippen LogP contribution in [-0.2, 0) is 11.3 Å².